The van der Waals surface area contributed by atoms with Gasteiger partial charge in [0.05, 0.1) is 23.4 Å². The molecule has 0 bridgehead atoms. The van der Waals surface area contributed by atoms with Gasteiger partial charge in [-0.2, -0.15) is 5.10 Å². The number of H-pyrrole nitrogens is 1. The second kappa shape index (κ2) is 10.3. The van der Waals surface area contributed by atoms with Crippen molar-refractivity contribution in [2.24, 2.45) is 5.92 Å². The normalized spacial score (nSPS) is 16.3. The topological polar surface area (TPSA) is 116 Å². The van der Waals surface area contributed by atoms with E-state index in [0.29, 0.717) is 37.3 Å². The van der Waals surface area contributed by atoms with Crippen molar-refractivity contribution >= 4 is 17.9 Å². The summed E-state index contributed by atoms with van der Waals surface area (Å²) in [6.07, 6.45) is 2.48. The van der Waals surface area contributed by atoms with Gasteiger partial charge in [-0.3, -0.25) is 14.7 Å². The number of aromatic amines is 1. The van der Waals surface area contributed by atoms with Gasteiger partial charge in [-0.15, -0.1) is 0 Å². The Kier molecular flexibility index (Phi) is 7.50. The predicted octanol–water partition coefficient (Wildman–Crippen LogP) is 2.57. The molecule has 1 aromatic carbocycles. The number of nitrogens with one attached hydrogen (secondary N) is 3. The van der Waals surface area contributed by atoms with E-state index < -0.39 is 11.7 Å². The number of piperidine rings is 1. The van der Waals surface area contributed by atoms with E-state index >= 15 is 0 Å². The van der Waals surface area contributed by atoms with Crippen LogP contribution in [0.25, 0.3) is 11.3 Å². The lowest BCUT2D eigenvalue weighted by molar-refractivity contribution is -0.126. The van der Waals surface area contributed by atoms with Gasteiger partial charge >= 0.3 is 6.09 Å². The highest BCUT2D eigenvalue weighted by Gasteiger charge is 2.30. The van der Waals surface area contributed by atoms with Gasteiger partial charge in [-0.05, 0) is 33.6 Å². The summed E-state index contributed by atoms with van der Waals surface area (Å²) in [6, 6.07) is 9.56. The van der Waals surface area contributed by atoms with Gasteiger partial charge in [-0.25, -0.2) is 4.79 Å². The molecule has 3 amide bonds. The number of nitrogens with zero attached hydrogens (tertiary/aromatic N) is 2. The Balaban J connectivity index is 1.51. The first-order valence-electron chi connectivity index (χ1n) is 10.9. The van der Waals surface area contributed by atoms with Crippen molar-refractivity contribution in [1.82, 2.24) is 25.7 Å². The third-order valence-corrected chi connectivity index (χ3v) is 5.10. The van der Waals surface area contributed by atoms with Crippen molar-refractivity contribution in [3.05, 3.63) is 42.1 Å². The molecule has 9 heteroatoms. The Labute approximate surface area is 187 Å². The van der Waals surface area contributed by atoms with Crippen molar-refractivity contribution in [1.29, 1.82) is 0 Å². The minimum Gasteiger partial charge on any atom is -0.444 e. The predicted molar refractivity (Wildman–Crippen MR) is 120 cm³/mol. The highest BCUT2D eigenvalue weighted by Crippen LogP contribution is 2.24. The van der Waals surface area contributed by atoms with E-state index in [0.717, 1.165) is 12.0 Å². The fraction of sp³-hybridized carbons (Fsp3) is 0.478. The summed E-state index contributed by atoms with van der Waals surface area (Å²) < 4.78 is 5.16. The smallest absolute Gasteiger partial charge is 0.407 e. The molecule has 0 radical (unpaired) electrons. The summed E-state index contributed by atoms with van der Waals surface area (Å²) in [6.45, 7) is 6.88. The number of carbonyl (C=O) groups is 3. The molecule has 172 valence electrons. The third-order valence-electron chi connectivity index (χ3n) is 5.10. The Morgan fingerprint density at radius 2 is 1.88 bits per heavy atom. The summed E-state index contributed by atoms with van der Waals surface area (Å²) in [5, 5.41) is 12.4. The molecule has 1 fully saturated rings. The van der Waals surface area contributed by atoms with Crippen LogP contribution in [0.4, 0.5) is 4.79 Å². The van der Waals surface area contributed by atoms with Crippen LogP contribution < -0.4 is 10.6 Å². The molecule has 0 aliphatic carbocycles. The number of hydrogen-bond donors (Lipinski definition) is 3. The van der Waals surface area contributed by atoms with Crippen LogP contribution in [0.2, 0.25) is 0 Å². The number of likely N-dealkylation sites (tertiary alicyclic amines) is 1. The van der Waals surface area contributed by atoms with Gasteiger partial charge in [0.25, 0.3) is 5.91 Å². The molecule has 1 aromatic heterocycles. The Bertz CT molecular complexity index is 935. The van der Waals surface area contributed by atoms with Gasteiger partial charge in [0, 0.05) is 31.7 Å². The molecule has 1 aliphatic rings. The molecule has 1 aliphatic heterocycles. The molecule has 2 heterocycles. The first-order chi connectivity index (χ1) is 15.2. The summed E-state index contributed by atoms with van der Waals surface area (Å²) in [4.78, 5) is 39.1. The van der Waals surface area contributed by atoms with Crippen molar-refractivity contribution in [2.75, 3.05) is 26.2 Å². The van der Waals surface area contributed by atoms with Crippen LogP contribution in [0.5, 0.6) is 0 Å². The van der Waals surface area contributed by atoms with Crippen molar-refractivity contribution in [3.8, 4) is 11.3 Å². The number of amides is 3. The first kappa shape index (κ1) is 23.3. The fourth-order valence-electron chi connectivity index (χ4n) is 3.63. The number of rotatable bonds is 6. The maximum Gasteiger partial charge on any atom is 0.407 e. The zero-order valence-electron chi connectivity index (χ0n) is 18.8. The molecule has 2 aromatic rings. The second-order valence-corrected chi connectivity index (χ2v) is 8.83. The van der Waals surface area contributed by atoms with Crippen LogP contribution in [-0.2, 0) is 9.53 Å². The lowest BCUT2D eigenvalue weighted by Gasteiger charge is -2.32. The molecule has 32 heavy (non-hydrogen) atoms. The quantitative estimate of drug-likeness (QED) is 0.596. The summed E-state index contributed by atoms with van der Waals surface area (Å²) in [7, 11) is 0. The number of carbonyl (C=O) groups excluding carboxylic acids is 3. The Morgan fingerprint density at radius 3 is 2.59 bits per heavy atom. The van der Waals surface area contributed by atoms with E-state index in [2.05, 4.69) is 20.8 Å². The molecule has 1 saturated heterocycles. The SMILES string of the molecule is CC(C)(C)OC(=O)NCCNC(=O)C1CCCN(C(=O)c2cn[nH]c2-c2ccccc2)C1. The highest BCUT2D eigenvalue weighted by molar-refractivity contribution is 6.00. The van der Waals surface area contributed by atoms with Gasteiger partial charge in [0.2, 0.25) is 5.91 Å². The van der Waals surface area contributed by atoms with Crippen molar-refractivity contribution < 1.29 is 19.1 Å². The van der Waals surface area contributed by atoms with E-state index in [1.54, 1.807) is 25.7 Å². The molecule has 0 spiro atoms. The second-order valence-electron chi connectivity index (χ2n) is 8.83. The molecular formula is C23H31N5O4. The van der Waals surface area contributed by atoms with Crippen LogP contribution in [0.15, 0.2) is 36.5 Å². The van der Waals surface area contributed by atoms with Gasteiger partial charge in [0.1, 0.15) is 5.60 Å². The molecule has 3 N–H and O–H groups in total. The van der Waals surface area contributed by atoms with E-state index in [4.69, 9.17) is 4.74 Å². The third kappa shape index (κ3) is 6.32. The number of alkyl carbamates (subject to hydrolysis) is 1. The van der Waals surface area contributed by atoms with Crippen LogP contribution in [0, 0.1) is 5.92 Å². The van der Waals surface area contributed by atoms with Gasteiger partial charge in [0.15, 0.2) is 0 Å². The van der Waals surface area contributed by atoms with Gasteiger partial charge < -0.3 is 20.3 Å². The van der Waals surface area contributed by atoms with Crippen LogP contribution in [0.1, 0.15) is 44.0 Å². The first-order valence-corrected chi connectivity index (χ1v) is 10.9. The zero-order chi connectivity index (χ0) is 23.1. The van der Waals surface area contributed by atoms with E-state index in [1.807, 2.05) is 30.3 Å². The maximum absolute atomic E-state index is 13.1. The minimum absolute atomic E-state index is 0.121. The lowest BCUT2D eigenvalue weighted by atomic mass is 9.96. The number of hydrogen-bond acceptors (Lipinski definition) is 5. The molecule has 1 unspecified atom stereocenters. The fourth-order valence-corrected chi connectivity index (χ4v) is 3.63. The van der Waals surface area contributed by atoms with E-state index in [-0.39, 0.29) is 24.3 Å². The van der Waals surface area contributed by atoms with Crippen LogP contribution in [0.3, 0.4) is 0 Å². The minimum atomic E-state index is -0.569. The monoisotopic (exact) mass is 441 g/mol. The molecule has 9 nitrogen and oxygen atoms in total. The maximum atomic E-state index is 13.1. The van der Waals surface area contributed by atoms with Crippen LogP contribution >= 0.6 is 0 Å². The number of ether oxygens (including phenoxy) is 1. The average molecular weight is 442 g/mol. The number of benzene rings is 1. The van der Waals surface area contributed by atoms with Crippen molar-refractivity contribution in [2.45, 2.75) is 39.2 Å². The summed E-state index contributed by atoms with van der Waals surface area (Å²) >= 11 is 0. The summed E-state index contributed by atoms with van der Waals surface area (Å²) in [5.74, 6) is -0.549. The molecule has 3 rings (SSSR count). The summed E-state index contributed by atoms with van der Waals surface area (Å²) in [5.41, 5.74) is 1.49. The largest absolute Gasteiger partial charge is 0.444 e. The Hall–Kier alpha value is -3.36. The molecule has 0 saturated carbocycles. The average Bonchev–Trinajstić information content (AvgIpc) is 3.25. The van der Waals surface area contributed by atoms with Crippen molar-refractivity contribution in [3.63, 3.8) is 0 Å². The lowest BCUT2D eigenvalue weighted by Crippen LogP contribution is -2.46. The number of aromatic nitrogens is 2. The van der Waals surface area contributed by atoms with Gasteiger partial charge in [-0.1, -0.05) is 30.3 Å². The van der Waals surface area contributed by atoms with E-state index in [9.17, 15) is 14.4 Å². The Morgan fingerprint density at radius 1 is 1.16 bits per heavy atom. The molecular weight excluding hydrogens is 410 g/mol. The zero-order valence-corrected chi connectivity index (χ0v) is 18.8. The standard InChI is InChI=1S/C23H31N5O4/c1-23(2,3)32-22(31)25-12-11-24-20(29)17-10-7-13-28(15-17)21(30)18-14-26-27-19(18)16-8-5-4-6-9-16/h4-6,8-9,14,17H,7,10-13,15H2,1-3H3,(H,24,29)(H,25,31)(H,26,27). The van der Waals surface area contributed by atoms with Crippen LogP contribution in [-0.4, -0.2) is 64.8 Å². The highest BCUT2D eigenvalue weighted by atomic mass is 16.6. The van der Waals surface area contributed by atoms with E-state index in [1.165, 1.54) is 6.20 Å². The molecule has 1 atom stereocenters.